The highest BCUT2D eigenvalue weighted by Gasteiger charge is 2.08. The van der Waals surface area contributed by atoms with Gasteiger partial charge in [-0.1, -0.05) is 6.08 Å². The normalized spacial score (nSPS) is 15.0. The number of nitrogens with two attached hydrogens (primary N) is 1. The molecule has 1 aromatic heterocycles. The highest BCUT2D eigenvalue weighted by atomic mass is 15.0. The van der Waals surface area contributed by atoms with Crippen molar-refractivity contribution in [2.24, 2.45) is 5.73 Å². The molecule has 0 spiro atoms. The number of H-pyrrole nitrogens is 1. The fourth-order valence-corrected chi connectivity index (χ4v) is 1.33. The molecule has 0 aliphatic heterocycles. The zero-order valence-corrected chi connectivity index (χ0v) is 6.30. The highest BCUT2D eigenvalue weighted by molar-refractivity contribution is 5.50. The number of hydrogen-bond acceptors (Lipinski definition) is 2. The lowest BCUT2D eigenvalue weighted by Crippen LogP contribution is -1.98. The summed E-state index contributed by atoms with van der Waals surface area (Å²) in [6.45, 7) is 0.501. The van der Waals surface area contributed by atoms with E-state index in [1.54, 1.807) is 0 Å². The second-order valence-corrected chi connectivity index (χ2v) is 2.69. The van der Waals surface area contributed by atoms with E-state index in [1.807, 2.05) is 0 Å². The Morgan fingerprint density at radius 2 is 2.55 bits per heavy atom. The van der Waals surface area contributed by atoms with Crippen molar-refractivity contribution in [3.63, 3.8) is 0 Å². The number of fused-ring (bicyclic) bond motifs is 1. The van der Waals surface area contributed by atoms with Crippen LogP contribution < -0.4 is 5.73 Å². The topological polar surface area (TPSA) is 54.7 Å². The fourth-order valence-electron chi connectivity index (χ4n) is 1.33. The van der Waals surface area contributed by atoms with Crippen molar-refractivity contribution in [3.8, 4) is 0 Å². The molecule has 0 saturated carbocycles. The van der Waals surface area contributed by atoms with Gasteiger partial charge >= 0.3 is 0 Å². The average Bonchev–Trinajstić information content (AvgIpc) is 2.46. The van der Waals surface area contributed by atoms with Crippen molar-refractivity contribution in [2.45, 2.75) is 19.4 Å². The van der Waals surface area contributed by atoms with Gasteiger partial charge in [-0.05, 0) is 18.9 Å². The standard InChI is InChI=1S/C8H11N3/c9-5-8-10-6-3-1-2-4-7(6)11-8/h1,3H,2,4-5,9H2,(H,10,11). The second kappa shape index (κ2) is 2.51. The Labute approximate surface area is 65.3 Å². The minimum atomic E-state index is 0.501. The molecular formula is C8H11N3. The van der Waals surface area contributed by atoms with Gasteiger partial charge in [0.05, 0.1) is 12.2 Å². The smallest absolute Gasteiger partial charge is 0.120 e. The Kier molecular flexibility index (Phi) is 1.51. The Balaban J connectivity index is 2.42. The van der Waals surface area contributed by atoms with E-state index >= 15 is 0 Å². The quantitative estimate of drug-likeness (QED) is 0.621. The Bertz CT molecular complexity index is 286. The minimum absolute atomic E-state index is 0.501. The first-order chi connectivity index (χ1) is 5.40. The van der Waals surface area contributed by atoms with Gasteiger partial charge in [-0.2, -0.15) is 0 Å². The second-order valence-electron chi connectivity index (χ2n) is 2.69. The summed E-state index contributed by atoms with van der Waals surface area (Å²) in [5, 5.41) is 0. The summed E-state index contributed by atoms with van der Waals surface area (Å²) in [7, 11) is 0. The number of nitrogens with zero attached hydrogens (tertiary/aromatic N) is 1. The third-order valence-electron chi connectivity index (χ3n) is 1.89. The molecule has 0 aromatic carbocycles. The molecule has 2 rings (SSSR count). The maximum atomic E-state index is 5.44. The van der Waals surface area contributed by atoms with Crippen LogP contribution >= 0.6 is 0 Å². The van der Waals surface area contributed by atoms with Crippen LogP contribution in [0.4, 0.5) is 0 Å². The number of aromatic nitrogens is 2. The minimum Gasteiger partial charge on any atom is -0.344 e. The lowest BCUT2D eigenvalue weighted by atomic mass is 10.1. The SMILES string of the molecule is NCc1nc2c([nH]1)CCC=C2. The van der Waals surface area contributed by atoms with Crippen LogP contribution in [0, 0.1) is 0 Å². The van der Waals surface area contributed by atoms with Crippen LogP contribution in [0.2, 0.25) is 0 Å². The number of hydrogen-bond donors (Lipinski definition) is 2. The number of allylic oxidation sites excluding steroid dienone is 1. The van der Waals surface area contributed by atoms with Gasteiger partial charge in [0.1, 0.15) is 5.82 Å². The van der Waals surface area contributed by atoms with E-state index in [9.17, 15) is 0 Å². The van der Waals surface area contributed by atoms with E-state index < -0.39 is 0 Å². The Hall–Kier alpha value is -1.09. The largest absolute Gasteiger partial charge is 0.344 e. The molecule has 3 nitrogen and oxygen atoms in total. The summed E-state index contributed by atoms with van der Waals surface area (Å²) in [5.74, 6) is 0.890. The third kappa shape index (κ3) is 1.07. The van der Waals surface area contributed by atoms with Crippen molar-refractivity contribution in [2.75, 3.05) is 0 Å². The predicted octanol–water partition coefficient (Wildman–Crippen LogP) is 0.828. The molecule has 0 fully saturated rings. The van der Waals surface area contributed by atoms with Crippen molar-refractivity contribution in [1.29, 1.82) is 0 Å². The molecular weight excluding hydrogens is 138 g/mol. The van der Waals surface area contributed by atoms with Crippen LogP contribution in [0.3, 0.4) is 0 Å². The number of rotatable bonds is 1. The van der Waals surface area contributed by atoms with E-state index in [1.165, 1.54) is 5.69 Å². The molecule has 1 heterocycles. The van der Waals surface area contributed by atoms with Gasteiger partial charge < -0.3 is 10.7 Å². The highest BCUT2D eigenvalue weighted by Crippen LogP contribution is 2.15. The van der Waals surface area contributed by atoms with Crippen LogP contribution in [0.25, 0.3) is 6.08 Å². The maximum absolute atomic E-state index is 5.44. The van der Waals surface area contributed by atoms with Crippen LogP contribution in [-0.2, 0) is 13.0 Å². The van der Waals surface area contributed by atoms with E-state index in [2.05, 4.69) is 22.1 Å². The van der Waals surface area contributed by atoms with Gasteiger partial charge in [0.15, 0.2) is 0 Å². The molecule has 0 unspecified atom stereocenters. The Morgan fingerprint density at radius 3 is 3.27 bits per heavy atom. The van der Waals surface area contributed by atoms with Crippen LogP contribution in [-0.4, -0.2) is 9.97 Å². The number of nitrogens with one attached hydrogen (secondary N) is 1. The summed E-state index contributed by atoms with van der Waals surface area (Å²) in [4.78, 5) is 7.50. The molecule has 0 radical (unpaired) electrons. The van der Waals surface area contributed by atoms with Gasteiger partial charge in [0.25, 0.3) is 0 Å². The number of aryl methyl sites for hydroxylation is 1. The van der Waals surface area contributed by atoms with Gasteiger partial charge in [-0.25, -0.2) is 4.98 Å². The maximum Gasteiger partial charge on any atom is 0.120 e. The first kappa shape index (κ1) is 6.61. The van der Waals surface area contributed by atoms with Gasteiger partial charge in [-0.15, -0.1) is 0 Å². The van der Waals surface area contributed by atoms with Gasteiger partial charge in [-0.3, -0.25) is 0 Å². The van der Waals surface area contributed by atoms with E-state index in [0.29, 0.717) is 6.54 Å². The van der Waals surface area contributed by atoms with Crippen LogP contribution in [0.5, 0.6) is 0 Å². The van der Waals surface area contributed by atoms with Crippen molar-refractivity contribution >= 4 is 6.08 Å². The molecule has 0 bridgehead atoms. The summed E-state index contributed by atoms with van der Waals surface area (Å²) < 4.78 is 0. The zero-order valence-electron chi connectivity index (χ0n) is 6.30. The molecule has 58 valence electrons. The third-order valence-corrected chi connectivity index (χ3v) is 1.89. The van der Waals surface area contributed by atoms with Crippen molar-refractivity contribution in [3.05, 3.63) is 23.3 Å². The summed E-state index contributed by atoms with van der Waals surface area (Å²) in [6.07, 6.45) is 6.37. The monoisotopic (exact) mass is 149 g/mol. The summed E-state index contributed by atoms with van der Waals surface area (Å²) in [5.41, 5.74) is 7.74. The average molecular weight is 149 g/mol. The van der Waals surface area contributed by atoms with Crippen LogP contribution in [0.1, 0.15) is 23.6 Å². The fraction of sp³-hybridized carbons (Fsp3) is 0.375. The molecule has 0 saturated heterocycles. The first-order valence-electron chi connectivity index (χ1n) is 3.84. The molecule has 3 heteroatoms. The zero-order chi connectivity index (χ0) is 7.68. The number of imidazole rings is 1. The predicted molar refractivity (Wildman–Crippen MR) is 43.8 cm³/mol. The molecule has 1 aliphatic carbocycles. The van der Waals surface area contributed by atoms with E-state index in [4.69, 9.17) is 5.73 Å². The summed E-state index contributed by atoms with van der Waals surface area (Å²) in [6, 6.07) is 0. The first-order valence-corrected chi connectivity index (χ1v) is 3.84. The molecule has 1 aromatic rings. The molecule has 11 heavy (non-hydrogen) atoms. The van der Waals surface area contributed by atoms with Gasteiger partial charge in [0.2, 0.25) is 0 Å². The Morgan fingerprint density at radius 1 is 1.64 bits per heavy atom. The van der Waals surface area contributed by atoms with Gasteiger partial charge in [0, 0.05) is 5.69 Å². The van der Waals surface area contributed by atoms with Crippen LogP contribution in [0.15, 0.2) is 6.08 Å². The van der Waals surface area contributed by atoms with Crippen molar-refractivity contribution in [1.82, 2.24) is 9.97 Å². The number of aromatic amines is 1. The molecule has 3 N–H and O–H groups in total. The molecule has 0 amide bonds. The molecule has 1 aliphatic rings. The lowest BCUT2D eigenvalue weighted by molar-refractivity contribution is 0.908. The molecule has 0 atom stereocenters. The van der Waals surface area contributed by atoms with E-state index in [0.717, 1.165) is 24.4 Å². The van der Waals surface area contributed by atoms with E-state index in [-0.39, 0.29) is 0 Å². The van der Waals surface area contributed by atoms with Crippen molar-refractivity contribution < 1.29 is 0 Å². The summed E-state index contributed by atoms with van der Waals surface area (Å²) >= 11 is 0. The lowest BCUT2D eigenvalue weighted by Gasteiger charge is -2.00.